The molecule has 2 N–H and O–H groups in total. The fraction of sp³-hybridized carbons (Fsp3) is 0.0870. The number of aromatic nitrogens is 3. The highest BCUT2D eigenvalue weighted by Gasteiger charge is 2.15. The molecular weight excluding hydrogens is 442 g/mol. The Hall–Kier alpha value is -4.18. The van der Waals surface area contributed by atoms with Crippen molar-refractivity contribution >= 4 is 21.6 Å². The monoisotopic (exact) mass is 463 g/mol. The first kappa shape index (κ1) is 22.0. The van der Waals surface area contributed by atoms with Crippen LogP contribution in [0.5, 0.6) is 5.75 Å². The van der Waals surface area contributed by atoms with Gasteiger partial charge in [-0.3, -0.25) is 9.52 Å². The Morgan fingerprint density at radius 2 is 1.67 bits per heavy atom. The molecule has 10 heteroatoms. The molecule has 33 heavy (non-hydrogen) atoms. The Morgan fingerprint density at radius 1 is 0.970 bits per heavy atom. The van der Waals surface area contributed by atoms with Gasteiger partial charge in [0, 0.05) is 17.8 Å². The van der Waals surface area contributed by atoms with E-state index >= 15 is 0 Å². The second-order valence-electron chi connectivity index (χ2n) is 7.05. The normalized spacial score (nSPS) is 11.1. The van der Waals surface area contributed by atoms with E-state index < -0.39 is 10.0 Å². The molecule has 0 atom stereocenters. The van der Waals surface area contributed by atoms with Crippen molar-refractivity contribution in [2.75, 3.05) is 11.8 Å². The van der Waals surface area contributed by atoms with E-state index in [2.05, 4.69) is 20.1 Å². The number of carbonyl (C=O) groups is 1. The average Bonchev–Trinajstić information content (AvgIpc) is 3.38. The molecule has 0 fully saturated rings. The van der Waals surface area contributed by atoms with Crippen molar-refractivity contribution in [2.45, 2.75) is 11.4 Å². The van der Waals surface area contributed by atoms with Crippen LogP contribution in [0.3, 0.4) is 0 Å². The molecule has 3 aromatic carbocycles. The molecule has 0 spiro atoms. The van der Waals surface area contributed by atoms with E-state index in [1.54, 1.807) is 35.3 Å². The van der Waals surface area contributed by atoms with Crippen LogP contribution in [0.4, 0.5) is 5.69 Å². The predicted molar refractivity (Wildman–Crippen MR) is 123 cm³/mol. The van der Waals surface area contributed by atoms with Gasteiger partial charge < -0.3 is 10.1 Å². The molecule has 168 valence electrons. The van der Waals surface area contributed by atoms with Crippen molar-refractivity contribution in [2.24, 2.45) is 0 Å². The fourth-order valence-electron chi connectivity index (χ4n) is 3.05. The predicted octanol–water partition coefficient (Wildman–Crippen LogP) is 3.01. The summed E-state index contributed by atoms with van der Waals surface area (Å²) in [4.78, 5) is 16.4. The molecule has 0 bridgehead atoms. The number of methoxy groups -OCH3 is 1. The molecule has 0 saturated carbocycles. The van der Waals surface area contributed by atoms with E-state index in [-0.39, 0.29) is 10.8 Å². The number of nitrogens with zero attached hydrogens (tertiary/aromatic N) is 3. The van der Waals surface area contributed by atoms with Crippen LogP contribution in [0.15, 0.2) is 90.3 Å². The van der Waals surface area contributed by atoms with Crippen molar-refractivity contribution < 1.29 is 17.9 Å². The highest BCUT2D eigenvalue weighted by molar-refractivity contribution is 7.92. The molecular formula is C23H21N5O4S. The number of hydrogen-bond acceptors (Lipinski definition) is 6. The third-order valence-electron chi connectivity index (χ3n) is 4.84. The van der Waals surface area contributed by atoms with Crippen molar-refractivity contribution in [3.63, 3.8) is 0 Å². The number of ether oxygens (including phenoxy) is 1. The summed E-state index contributed by atoms with van der Waals surface area (Å²) in [5.74, 6) is 0.321. The summed E-state index contributed by atoms with van der Waals surface area (Å²) in [6.45, 7) is 0.329. The van der Waals surface area contributed by atoms with E-state index in [4.69, 9.17) is 4.74 Å². The Balaban J connectivity index is 1.36. The van der Waals surface area contributed by atoms with Gasteiger partial charge in [-0.15, -0.1) is 0 Å². The van der Waals surface area contributed by atoms with Crippen LogP contribution >= 0.6 is 0 Å². The number of rotatable bonds is 8. The lowest BCUT2D eigenvalue weighted by atomic mass is 10.2. The lowest BCUT2D eigenvalue weighted by Crippen LogP contribution is -2.23. The van der Waals surface area contributed by atoms with Gasteiger partial charge in [-0.2, -0.15) is 5.10 Å². The largest absolute Gasteiger partial charge is 0.497 e. The summed E-state index contributed by atoms with van der Waals surface area (Å²) >= 11 is 0. The zero-order valence-electron chi connectivity index (χ0n) is 17.7. The standard InChI is InChI=1S/C23H21N5O4S/c1-32-21-10-6-19(7-11-21)27-33(30,31)22-12-4-18(5-13-22)23(29)25-14-17-2-8-20(9-3-17)28-16-24-15-26-28/h2-13,15-16,27H,14H2,1H3,(H,25,29). The van der Waals surface area contributed by atoms with Crippen LogP contribution in [0.1, 0.15) is 15.9 Å². The van der Waals surface area contributed by atoms with Crippen LogP contribution in [0.2, 0.25) is 0 Å². The first-order chi connectivity index (χ1) is 15.9. The van der Waals surface area contributed by atoms with Crippen LogP contribution in [-0.4, -0.2) is 36.2 Å². The summed E-state index contributed by atoms with van der Waals surface area (Å²) < 4.78 is 34.4. The van der Waals surface area contributed by atoms with Gasteiger partial charge in [0.1, 0.15) is 18.4 Å². The summed E-state index contributed by atoms with van der Waals surface area (Å²) in [5, 5.41) is 6.90. The minimum atomic E-state index is -3.79. The summed E-state index contributed by atoms with van der Waals surface area (Å²) in [6, 6.07) is 19.8. The van der Waals surface area contributed by atoms with Gasteiger partial charge in [-0.25, -0.2) is 18.1 Å². The molecule has 0 aliphatic rings. The van der Waals surface area contributed by atoms with E-state index in [0.29, 0.717) is 23.5 Å². The molecule has 0 aliphatic carbocycles. The highest BCUT2D eigenvalue weighted by atomic mass is 32.2. The molecule has 0 saturated heterocycles. The number of amides is 1. The minimum absolute atomic E-state index is 0.0542. The summed E-state index contributed by atoms with van der Waals surface area (Å²) in [5.41, 5.74) is 2.54. The second-order valence-corrected chi connectivity index (χ2v) is 8.73. The van der Waals surface area contributed by atoms with Crippen LogP contribution in [-0.2, 0) is 16.6 Å². The third kappa shape index (κ3) is 5.36. The number of benzene rings is 3. The quantitative estimate of drug-likeness (QED) is 0.415. The van der Waals surface area contributed by atoms with Crippen molar-refractivity contribution in [1.82, 2.24) is 20.1 Å². The Morgan fingerprint density at radius 3 is 2.27 bits per heavy atom. The first-order valence-corrected chi connectivity index (χ1v) is 11.4. The molecule has 1 amide bonds. The number of carbonyl (C=O) groups excluding carboxylic acids is 1. The van der Waals surface area contributed by atoms with Gasteiger partial charge in [-0.05, 0) is 66.2 Å². The van der Waals surface area contributed by atoms with Crippen molar-refractivity contribution in [3.8, 4) is 11.4 Å². The zero-order valence-corrected chi connectivity index (χ0v) is 18.5. The van der Waals surface area contributed by atoms with Gasteiger partial charge in [-0.1, -0.05) is 12.1 Å². The Labute approximate surface area is 191 Å². The topological polar surface area (TPSA) is 115 Å². The van der Waals surface area contributed by atoms with Crippen LogP contribution < -0.4 is 14.8 Å². The summed E-state index contributed by atoms with van der Waals surface area (Å²) in [7, 11) is -2.25. The van der Waals surface area contributed by atoms with Gasteiger partial charge in [0.2, 0.25) is 0 Å². The number of anilines is 1. The molecule has 0 aliphatic heterocycles. The molecule has 0 unspecified atom stereocenters. The molecule has 9 nitrogen and oxygen atoms in total. The minimum Gasteiger partial charge on any atom is -0.497 e. The maximum atomic E-state index is 12.6. The molecule has 0 radical (unpaired) electrons. The summed E-state index contributed by atoms with van der Waals surface area (Å²) in [6.07, 6.45) is 3.06. The molecule has 4 aromatic rings. The molecule has 1 heterocycles. The van der Waals surface area contributed by atoms with E-state index in [1.807, 2.05) is 24.3 Å². The Kier molecular flexibility index (Phi) is 6.36. The van der Waals surface area contributed by atoms with Gasteiger partial charge in [0.25, 0.3) is 15.9 Å². The number of nitrogens with one attached hydrogen (secondary N) is 2. The maximum absolute atomic E-state index is 12.6. The fourth-order valence-corrected chi connectivity index (χ4v) is 4.11. The van der Waals surface area contributed by atoms with Gasteiger partial charge in [0.15, 0.2) is 0 Å². The SMILES string of the molecule is COc1ccc(NS(=O)(=O)c2ccc(C(=O)NCc3ccc(-n4cncn4)cc3)cc2)cc1. The second kappa shape index (κ2) is 9.53. The maximum Gasteiger partial charge on any atom is 0.261 e. The lowest BCUT2D eigenvalue weighted by molar-refractivity contribution is 0.0951. The zero-order chi connectivity index (χ0) is 23.3. The van der Waals surface area contributed by atoms with Crippen molar-refractivity contribution in [3.05, 3.63) is 96.6 Å². The van der Waals surface area contributed by atoms with Gasteiger partial charge in [0.05, 0.1) is 17.7 Å². The Bertz CT molecular complexity index is 1320. The van der Waals surface area contributed by atoms with Crippen LogP contribution in [0.25, 0.3) is 5.69 Å². The van der Waals surface area contributed by atoms with Crippen molar-refractivity contribution in [1.29, 1.82) is 0 Å². The smallest absolute Gasteiger partial charge is 0.261 e. The lowest BCUT2D eigenvalue weighted by Gasteiger charge is -2.10. The first-order valence-electron chi connectivity index (χ1n) is 9.94. The van der Waals surface area contributed by atoms with E-state index in [0.717, 1.165) is 11.3 Å². The average molecular weight is 464 g/mol. The number of sulfonamides is 1. The van der Waals surface area contributed by atoms with Gasteiger partial charge >= 0.3 is 0 Å². The third-order valence-corrected chi connectivity index (χ3v) is 6.24. The van der Waals surface area contributed by atoms with Crippen LogP contribution in [0, 0.1) is 0 Å². The van der Waals surface area contributed by atoms with E-state index in [1.165, 1.54) is 37.7 Å². The van der Waals surface area contributed by atoms with E-state index in [9.17, 15) is 13.2 Å². The molecule has 4 rings (SSSR count). The molecule has 1 aromatic heterocycles. The highest BCUT2D eigenvalue weighted by Crippen LogP contribution is 2.19. The number of hydrogen-bond donors (Lipinski definition) is 2.